The van der Waals surface area contributed by atoms with Gasteiger partial charge >= 0.3 is 12.1 Å². The Bertz CT molecular complexity index is 760. The van der Waals surface area contributed by atoms with E-state index in [1.807, 2.05) is 0 Å². The van der Waals surface area contributed by atoms with Gasteiger partial charge < -0.3 is 10.4 Å². The first-order chi connectivity index (χ1) is 11.8. The molecule has 8 heteroatoms. The molecule has 25 heavy (non-hydrogen) atoms. The molecule has 0 fully saturated rings. The Kier molecular flexibility index (Phi) is 6.08. The van der Waals surface area contributed by atoms with Gasteiger partial charge in [0, 0.05) is 11.4 Å². The van der Waals surface area contributed by atoms with Gasteiger partial charge in [0.2, 0.25) is 0 Å². The Morgan fingerprint density at radius 3 is 2.28 bits per heavy atom. The number of hydrogen-bond acceptors (Lipinski definition) is 3. The fourth-order valence-corrected chi connectivity index (χ4v) is 2.72. The van der Waals surface area contributed by atoms with Crippen LogP contribution in [0.15, 0.2) is 48.5 Å². The molecule has 2 rings (SSSR count). The zero-order valence-corrected chi connectivity index (χ0v) is 13.7. The van der Waals surface area contributed by atoms with Crippen molar-refractivity contribution in [3.63, 3.8) is 0 Å². The highest BCUT2D eigenvalue weighted by Crippen LogP contribution is 2.29. The lowest BCUT2D eigenvalue weighted by Gasteiger charge is -2.10. The maximum atomic E-state index is 12.5. The van der Waals surface area contributed by atoms with Crippen molar-refractivity contribution in [2.45, 2.75) is 18.3 Å². The fraction of sp³-hybridized carbons (Fsp3) is 0.176. The number of carbonyl (C=O) groups is 2. The van der Waals surface area contributed by atoms with Crippen molar-refractivity contribution in [1.29, 1.82) is 0 Å². The van der Waals surface area contributed by atoms with Gasteiger partial charge in [0.1, 0.15) is 0 Å². The van der Waals surface area contributed by atoms with Gasteiger partial charge in [-0.3, -0.25) is 9.59 Å². The van der Waals surface area contributed by atoms with Gasteiger partial charge in [-0.1, -0.05) is 42.1 Å². The zero-order chi connectivity index (χ0) is 18.4. The average Bonchev–Trinajstić information content (AvgIpc) is 2.54. The number of nitrogens with one attached hydrogen (secondary N) is 1. The summed E-state index contributed by atoms with van der Waals surface area (Å²) in [4.78, 5) is 22.8. The number of carboxylic acid groups (broad SMARTS) is 1. The van der Waals surface area contributed by atoms with Crippen molar-refractivity contribution in [2.75, 3.05) is 5.32 Å². The second kappa shape index (κ2) is 8.06. The summed E-state index contributed by atoms with van der Waals surface area (Å²) in [6.07, 6.45) is -4.61. The fourth-order valence-electron chi connectivity index (χ4n) is 2.04. The number of carbonyl (C=O) groups excluding carboxylic acids is 1. The average molecular weight is 369 g/mol. The van der Waals surface area contributed by atoms with E-state index < -0.39 is 22.9 Å². The number of alkyl halides is 3. The second-order valence-corrected chi connectivity index (χ2v) is 6.07. The van der Waals surface area contributed by atoms with Crippen LogP contribution in [0.3, 0.4) is 0 Å². The third-order valence-corrected chi connectivity index (χ3v) is 4.09. The Morgan fingerprint density at radius 1 is 1.04 bits per heavy atom. The largest absolute Gasteiger partial charge is 0.481 e. The zero-order valence-electron chi connectivity index (χ0n) is 12.8. The number of para-hydroxylation sites is 1. The third-order valence-electron chi connectivity index (χ3n) is 3.25. The van der Waals surface area contributed by atoms with Crippen molar-refractivity contribution < 1.29 is 27.9 Å². The van der Waals surface area contributed by atoms with E-state index in [0.29, 0.717) is 16.8 Å². The summed E-state index contributed by atoms with van der Waals surface area (Å²) >= 11 is 0.887. The lowest BCUT2D eigenvalue weighted by Crippen LogP contribution is -2.10. The van der Waals surface area contributed by atoms with E-state index in [1.165, 1.54) is 12.1 Å². The molecule has 0 aliphatic rings. The van der Waals surface area contributed by atoms with Crippen molar-refractivity contribution in [1.82, 2.24) is 0 Å². The predicted molar refractivity (Wildman–Crippen MR) is 89.5 cm³/mol. The van der Waals surface area contributed by atoms with Crippen LogP contribution in [0, 0.1) is 0 Å². The minimum absolute atomic E-state index is 0.199. The van der Waals surface area contributed by atoms with Gasteiger partial charge in [-0.15, -0.1) is 0 Å². The highest BCUT2D eigenvalue weighted by molar-refractivity contribution is 8.13. The summed E-state index contributed by atoms with van der Waals surface area (Å²) < 4.78 is 37.5. The quantitative estimate of drug-likeness (QED) is 0.795. The molecule has 0 radical (unpaired) electrons. The van der Waals surface area contributed by atoms with Gasteiger partial charge in [-0.2, -0.15) is 13.2 Å². The number of anilines is 1. The monoisotopic (exact) mass is 369 g/mol. The molecular weight excluding hydrogens is 355 g/mol. The number of carboxylic acids is 1. The molecule has 0 atom stereocenters. The van der Waals surface area contributed by atoms with Crippen LogP contribution in [0.4, 0.5) is 23.7 Å². The van der Waals surface area contributed by atoms with Crippen LogP contribution < -0.4 is 5.32 Å². The first-order valence-electron chi connectivity index (χ1n) is 7.15. The van der Waals surface area contributed by atoms with Crippen LogP contribution in [0.2, 0.25) is 0 Å². The summed E-state index contributed by atoms with van der Waals surface area (Å²) in [6.45, 7) is 0. The van der Waals surface area contributed by atoms with Gasteiger partial charge in [-0.25, -0.2) is 0 Å². The molecule has 0 aliphatic carbocycles. The minimum Gasteiger partial charge on any atom is -0.481 e. The molecule has 1 amide bonds. The Balaban J connectivity index is 1.94. The van der Waals surface area contributed by atoms with Crippen LogP contribution >= 0.6 is 11.8 Å². The molecule has 4 nitrogen and oxygen atoms in total. The molecule has 2 N–H and O–H groups in total. The van der Waals surface area contributed by atoms with E-state index in [9.17, 15) is 22.8 Å². The molecule has 0 unspecified atom stereocenters. The highest BCUT2D eigenvalue weighted by Gasteiger charge is 2.29. The van der Waals surface area contributed by atoms with E-state index >= 15 is 0 Å². The maximum Gasteiger partial charge on any atom is 0.416 e. The number of rotatable bonds is 5. The molecule has 0 spiro atoms. The number of halogens is 3. The van der Waals surface area contributed by atoms with Crippen LogP contribution in [-0.4, -0.2) is 16.3 Å². The standard InChI is InChI=1S/C17H14F3NO3S/c18-17(19,20)13-7-5-11(6-8-13)10-25-16(24)21-14-4-2-1-3-12(14)9-15(22)23/h1-8H,9-10H2,(H,21,24)(H,22,23). The summed E-state index contributed by atoms with van der Waals surface area (Å²) in [6, 6.07) is 11.1. The highest BCUT2D eigenvalue weighted by atomic mass is 32.2. The number of thioether (sulfide) groups is 1. The van der Waals surface area contributed by atoms with Gasteiger partial charge in [0.15, 0.2) is 0 Å². The lowest BCUT2D eigenvalue weighted by molar-refractivity contribution is -0.138. The predicted octanol–water partition coefficient (Wildman–Crippen LogP) is 4.80. The maximum absolute atomic E-state index is 12.5. The van der Waals surface area contributed by atoms with Crippen molar-refractivity contribution in [3.8, 4) is 0 Å². The smallest absolute Gasteiger partial charge is 0.416 e. The molecular formula is C17H14F3NO3S. The topological polar surface area (TPSA) is 66.4 Å². The normalized spacial score (nSPS) is 11.2. The van der Waals surface area contributed by atoms with Crippen molar-refractivity contribution in [3.05, 3.63) is 65.2 Å². The molecule has 132 valence electrons. The molecule has 0 bridgehead atoms. The van der Waals surface area contributed by atoms with Gasteiger partial charge in [0.25, 0.3) is 5.24 Å². The van der Waals surface area contributed by atoms with Gasteiger partial charge in [-0.05, 0) is 29.3 Å². The summed E-state index contributed by atoms with van der Waals surface area (Å²) in [7, 11) is 0. The van der Waals surface area contributed by atoms with E-state index in [1.54, 1.807) is 24.3 Å². The van der Waals surface area contributed by atoms with Crippen LogP contribution in [0.25, 0.3) is 0 Å². The number of benzene rings is 2. The third kappa shape index (κ3) is 5.82. The molecule has 0 heterocycles. The van der Waals surface area contributed by atoms with Crippen LogP contribution in [0.1, 0.15) is 16.7 Å². The van der Waals surface area contributed by atoms with E-state index in [4.69, 9.17) is 5.11 Å². The Hall–Kier alpha value is -2.48. The summed E-state index contributed by atoms with van der Waals surface area (Å²) in [5, 5.41) is 11.0. The SMILES string of the molecule is O=C(O)Cc1ccccc1NC(=O)SCc1ccc(C(F)(F)F)cc1. The lowest BCUT2D eigenvalue weighted by atomic mass is 10.1. The van der Waals surface area contributed by atoms with Crippen molar-refractivity contribution in [2.24, 2.45) is 0 Å². The molecule has 0 saturated carbocycles. The number of aliphatic carboxylic acids is 1. The molecule has 0 aromatic heterocycles. The number of amides is 1. The minimum atomic E-state index is -4.39. The number of hydrogen-bond donors (Lipinski definition) is 2. The first-order valence-corrected chi connectivity index (χ1v) is 8.14. The summed E-state index contributed by atoms with van der Waals surface area (Å²) in [5.41, 5.74) is 0.702. The molecule has 2 aromatic carbocycles. The van der Waals surface area contributed by atoms with Crippen molar-refractivity contribution >= 4 is 28.7 Å². The Morgan fingerprint density at radius 2 is 1.68 bits per heavy atom. The van der Waals surface area contributed by atoms with E-state index in [0.717, 1.165) is 23.9 Å². The summed E-state index contributed by atoms with van der Waals surface area (Å²) in [5.74, 6) is -0.815. The van der Waals surface area contributed by atoms with E-state index in [2.05, 4.69) is 5.32 Å². The van der Waals surface area contributed by atoms with Gasteiger partial charge in [0.05, 0.1) is 12.0 Å². The van der Waals surface area contributed by atoms with Crippen LogP contribution in [-0.2, 0) is 23.1 Å². The van der Waals surface area contributed by atoms with Crippen LogP contribution in [0.5, 0.6) is 0 Å². The second-order valence-electron chi connectivity index (χ2n) is 5.12. The Labute approximate surface area is 146 Å². The molecule has 2 aromatic rings. The first kappa shape index (κ1) is 18.9. The molecule has 0 saturated heterocycles. The molecule has 0 aliphatic heterocycles. The van der Waals surface area contributed by atoms with E-state index in [-0.39, 0.29) is 12.2 Å².